The third-order valence-electron chi connectivity index (χ3n) is 3.47. The number of thiazole rings is 1. The number of carboxylic acid groups (broad SMARTS) is 1. The van der Waals surface area contributed by atoms with E-state index in [4.69, 9.17) is 0 Å². The van der Waals surface area contributed by atoms with E-state index in [1.807, 2.05) is 20.0 Å². The lowest BCUT2D eigenvalue weighted by atomic mass is 9.82. The van der Waals surface area contributed by atoms with Crippen LogP contribution in [0.25, 0.3) is 0 Å². The van der Waals surface area contributed by atoms with Crippen molar-refractivity contribution in [1.82, 2.24) is 10.3 Å². The molecule has 0 aromatic carbocycles. The molecule has 0 atom stereocenters. The largest absolute Gasteiger partial charge is 0.481 e. The summed E-state index contributed by atoms with van der Waals surface area (Å²) < 4.78 is 0. The molecule has 0 aliphatic carbocycles. The molecule has 1 aromatic rings. The summed E-state index contributed by atoms with van der Waals surface area (Å²) in [7, 11) is 0. The number of rotatable bonds is 8. The minimum Gasteiger partial charge on any atom is -0.481 e. The van der Waals surface area contributed by atoms with Crippen LogP contribution in [-0.2, 0) is 17.8 Å². The predicted molar refractivity (Wildman–Crippen MR) is 73.8 cm³/mol. The van der Waals surface area contributed by atoms with E-state index in [0.717, 1.165) is 11.4 Å². The van der Waals surface area contributed by atoms with Crippen LogP contribution in [0.4, 0.5) is 0 Å². The summed E-state index contributed by atoms with van der Waals surface area (Å²) in [6.45, 7) is 7.16. The van der Waals surface area contributed by atoms with Gasteiger partial charge in [0.25, 0.3) is 0 Å². The zero-order valence-electron chi connectivity index (χ0n) is 11.3. The van der Waals surface area contributed by atoms with Gasteiger partial charge in [-0.3, -0.25) is 4.79 Å². The van der Waals surface area contributed by atoms with E-state index in [-0.39, 0.29) is 0 Å². The second kappa shape index (κ2) is 6.85. The van der Waals surface area contributed by atoms with Gasteiger partial charge in [0.2, 0.25) is 0 Å². The average molecular weight is 270 g/mol. The number of aliphatic carboxylic acids is 1. The Hall–Kier alpha value is -0.940. The molecule has 1 heterocycles. The van der Waals surface area contributed by atoms with Crippen LogP contribution in [0.5, 0.6) is 0 Å². The highest BCUT2D eigenvalue weighted by atomic mass is 32.1. The Kier molecular flexibility index (Phi) is 5.75. The van der Waals surface area contributed by atoms with Gasteiger partial charge in [-0.15, -0.1) is 11.3 Å². The molecule has 0 aliphatic heterocycles. The average Bonchev–Trinajstić information content (AvgIpc) is 2.82. The first-order valence-electron chi connectivity index (χ1n) is 6.45. The number of carbonyl (C=O) groups is 1. The topological polar surface area (TPSA) is 62.2 Å². The molecule has 0 fully saturated rings. The van der Waals surface area contributed by atoms with E-state index in [9.17, 15) is 9.90 Å². The maximum atomic E-state index is 11.3. The zero-order chi connectivity index (χ0) is 13.6. The molecule has 1 aromatic heterocycles. The Bertz CT molecular complexity index is 386. The van der Waals surface area contributed by atoms with Crippen molar-refractivity contribution in [3.63, 3.8) is 0 Å². The summed E-state index contributed by atoms with van der Waals surface area (Å²) in [4.78, 5) is 16.8. The smallest absolute Gasteiger partial charge is 0.310 e. The fourth-order valence-electron chi connectivity index (χ4n) is 1.90. The fourth-order valence-corrected chi connectivity index (χ4v) is 2.73. The molecule has 1 rings (SSSR count). The summed E-state index contributed by atoms with van der Waals surface area (Å²) in [6, 6.07) is 0. The van der Waals surface area contributed by atoms with Crippen molar-refractivity contribution in [2.45, 2.75) is 46.6 Å². The van der Waals surface area contributed by atoms with Crippen molar-refractivity contribution in [2.24, 2.45) is 5.41 Å². The Morgan fingerprint density at radius 2 is 2.11 bits per heavy atom. The van der Waals surface area contributed by atoms with Gasteiger partial charge in [-0.2, -0.15) is 0 Å². The maximum absolute atomic E-state index is 11.3. The van der Waals surface area contributed by atoms with Crippen molar-refractivity contribution < 1.29 is 9.90 Å². The molecule has 0 amide bonds. The highest BCUT2D eigenvalue weighted by Gasteiger charge is 2.34. The molecule has 0 radical (unpaired) electrons. The third kappa shape index (κ3) is 3.53. The predicted octanol–water partition coefficient (Wildman–Crippen LogP) is 2.69. The van der Waals surface area contributed by atoms with Crippen molar-refractivity contribution in [2.75, 3.05) is 6.54 Å². The first-order chi connectivity index (χ1) is 8.57. The van der Waals surface area contributed by atoms with Gasteiger partial charge in [0.05, 0.1) is 10.4 Å². The number of nitrogens with zero attached hydrogens (tertiary/aromatic N) is 1. The minimum absolute atomic E-state index is 0.509. The van der Waals surface area contributed by atoms with Crippen LogP contribution < -0.4 is 5.32 Å². The highest BCUT2D eigenvalue weighted by molar-refractivity contribution is 7.11. The molecule has 0 saturated heterocycles. The van der Waals surface area contributed by atoms with E-state index in [1.165, 1.54) is 4.88 Å². The number of aromatic nitrogens is 1. The first-order valence-corrected chi connectivity index (χ1v) is 7.27. The maximum Gasteiger partial charge on any atom is 0.310 e. The summed E-state index contributed by atoms with van der Waals surface area (Å²) in [6.07, 6.45) is 4.12. The molecule has 2 N–H and O–H groups in total. The summed E-state index contributed by atoms with van der Waals surface area (Å²) in [5.74, 6) is -0.710. The Morgan fingerprint density at radius 1 is 1.44 bits per heavy atom. The highest BCUT2D eigenvalue weighted by Crippen LogP contribution is 2.26. The molecule has 0 saturated carbocycles. The molecule has 18 heavy (non-hydrogen) atoms. The van der Waals surface area contributed by atoms with E-state index < -0.39 is 11.4 Å². The van der Waals surface area contributed by atoms with E-state index in [2.05, 4.69) is 17.2 Å². The van der Waals surface area contributed by atoms with Crippen LogP contribution in [-0.4, -0.2) is 22.6 Å². The van der Waals surface area contributed by atoms with Gasteiger partial charge in [0.1, 0.15) is 0 Å². The van der Waals surface area contributed by atoms with Crippen molar-refractivity contribution in [3.8, 4) is 0 Å². The van der Waals surface area contributed by atoms with Crippen LogP contribution >= 0.6 is 11.3 Å². The summed E-state index contributed by atoms with van der Waals surface area (Å²) in [5, 5.41) is 13.7. The third-order valence-corrected chi connectivity index (χ3v) is 4.62. The second-order valence-corrected chi connectivity index (χ2v) is 5.67. The summed E-state index contributed by atoms with van der Waals surface area (Å²) >= 11 is 1.69. The molecule has 0 bridgehead atoms. The standard InChI is InChI=1S/C13H22N2O2S/c1-4-11-15-8-10(18-11)7-14-9-13(5-2,6-3)12(16)17/h8,14H,4-7,9H2,1-3H3,(H,16,17). The van der Waals surface area contributed by atoms with Crippen LogP contribution in [0.1, 0.15) is 43.5 Å². The van der Waals surface area contributed by atoms with Gasteiger partial charge in [-0.05, 0) is 19.3 Å². The van der Waals surface area contributed by atoms with Crippen molar-refractivity contribution in [1.29, 1.82) is 0 Å². The molecule has 0 aliphatic rings. The normalized spacial score (nSPS) is 11.7. The minimum atomic E-state index is -0.710. The lowest BCUT2D eigenvalue weighted by Gasteiger charge is -2.26. The second-order valence-electron chi connectivity index (χ2n) is 4.47. The quantitative estimate of drug-likeness (QED) is 0.762. The fraction of sp³-hybridized carbons (Fsp3) is 0.692. The van der Waals surface area contributed by atoms with Gasteiger partial charge in [0, 0.05) is 24.2 Å². The van der Waals surface area contributed by atoms with Gasteiger partial charge >= 0.3 is 5.97 Å². The number of hydrogen-bond acceptors (Lipinski definition) is 4. The Labute approximate surface area is 112 Å². The van der Waals surface area contributed by atoms with E-state index in [0.29, 0.717) is 25.9 Å². The number of hydrogen-bond donors (Lipinski definition) is 2. The number of nitrogens with one attached hydrogen (secondary N) is 1. The van der Waals surface area contributed by atoms with Crippen LogP contribution in [0.3, 0.4) is 0 Å². The molecule has 102 valence electrons. The van der Waals surface area contributed by atoms with E-state index >= 15 is 0 Å². The van der Waals surface area contributed by atoms with Crippen molar-refractivity contribution >= 4 is 17.3 Å². The van der Waals surface area contributed by atoms with E-state index in [1.54, 1.807) is 11.3 Å². The SMILES string of the molecule is CCc1ncc(CNCC(CC)(CC)C(=O)O)s1. The molecular weight excluding hydrogens is 248 g/mol. The molecule has 0 unspecified atom stereocenters. The van der Waals surface area contributed by atoms with Crippen molar-refractivity contribution in [3.05, 3.63) is 16.1 Å². The van der Waals surface area contributed by atoms with Gasteiger partial charge in [-0.25, -0.2) is 4.98 Å². The summed E-state index contributed by atoms with van der Waals surface area (Å²) in [5.41, 5.74) is -0.641. The molecular formula is C13H22N2O2S. The number of carboxylic acids is 1. The lowest BCUT2D eigenvalue weighted by molar-refractivity contribution is -0.149. The molecule has 4 nitrogen and oxygen atoms in total. The Balaban J connectivity index is 2.51. The van der Waals surface area contributed by atoms with Crippen LogP contribution in [0.2, 0.25) is 0 Å². The van der Waals surface area contributed by atoms with Crippen LogP contribution in [0, 0.1) is 5.41 Å². The van der Waals surface area contributed by atoms with Gasteiger partial charge < -0.3 is 10.4 Å². The number of aryl methyl sites for hydroxylation is 1. The van der Waals surface area contributed by atoms with Gasteiger partial charge in [0.15, 0.2) is 0 Å². The molecule has 5 heteroatoms. The monoisotopic (exact) mass is 270 g/mol. The Morgan fingerprint density at radius 3 is 2.56 bits per heavy atom. The van der Waals surface area contributed by atoms with Crippen LogP contribution in [0.15, 0.2) is 6.20 Å². The zero-order valence-corrected chi connectivity index (χ0v) is 12.1. The lowest BCUT2D eigenvalue weighted by Crippen LogP contribution is -2.39. The van der Waals surface area contributed by atoms with Gasteiger partial charge in [-0.1, -0.05) is 20.8 Å². The molecule has 0 spiro atoms. The first kappa shape index (κ1) is 15.1.